The molecule has 1 N–H and O–H groups in total. The first-order valence-electron chi connectivity index (χ1n) is 5.22. The minimum atomic E-state index is -2.52. The van der Waals surface area contributed by atoms with Gasteiger partial charge in [0.2, 0.25) is 5.82 Å². The molecule has 18 heavy (non-hydrogen) atoms. The van der Waals surface area contributed by atoms with Gasteiger partial charge in [-0.25, -0.2) is 13.8 Å². The van der Waals surface area contributed by atoms with Gasteiger partial charge in [0.15, 0.2) is 0 Å². The Morgan fingerprint density at radius 2 is 2.33 bits per heavy atom. The van der Waals surface area contributed by atoms with Crippen molar-refractivity contribution in [1.29, 1.82) is 0 Å². The number of pyridine rings is 1. The Kier molecular flexibility index (Phi) is 5.37. The molecule has 1 heterocycles. The second-order valence-electron chi connectivity index (χ2n) is 3.47. The van der Waals surface area contributed by atoms with Crippen LogP contribution in [0.25, 0.3) is 0 Å². The van der Waals surface area contributed by atoms with Gasteiger partial charge in [-0.05, 0) is 13.0 Å². The predicted molar refractivity (Wildman–Crippen MR) is 60.9 cm³/mol. The molecule has 1 aromatic heterocycles. The van der Waals surface area contributed by atoms with Crippen molar-refractivity contribution in [2.75, 3.05) is 25.1 Å². The van der Waals surface area contributed by atoms with Crippen LogP contribution in [0, 0.1) is 17.0 Å². The van der Waals surface area contributed by atoms with Crippen molar-refractivity contribution in [1.82, 2.24) is 4.98 Å². The Morgan fingerprint density at radius 1 is 1.61 bits per heavy atom. The molecule has 0 aromatic carbocycles. The average molecular weight is 261 g/mol. The number of anilines is 1. The third kappa shape index (κ3) is 4.21. The molecule has 0 amide bonds. The summed E-state index contributed by atoms with van der Waals surface area (Å²) in [6, 6.07) is 1.52. The van der Waals surface area contributed by atoms with E-state index in [1.54, 1.807) is 6.92 Å². The number of alkyl halides is 2. The number of nitrogens with zero attached hydrogens (tertiary/aromatic N) is 2. The molecule has 0 radical (unpaired) electrons. The van der Waals surface area contributed by atoms with Gasteiger partial charge in [-0.15, -0.1) is 0 Å². The van der Waals surface area contributed by atoms with E-state index in [1.807, 2.05) is 0 Å². The molecule has 0 aliphatic carbocycles. The molecule has 0 spiro atoms. The monoisotopic (exact) mass is 261 g/mol. The molecule has 0 aliphatic heterocycles. The van der Waals surface area contributed by atoms with Crippen LogP contribution in [0.3, 0.4) is 0 Å². The highest BCUT2D eigenvalue weighted by Crippen LogP contribution is 2.24. The highest BCUT2D eigenvalue weighted by molar-refractivity contribution is 5.59. The zero-order valence-corrected chi connectivity index (χ0v) is 9.73. The number of halogens is 2. The van der Waals surface area contributed by atoms with E-state index in [0.717, 1.165) is 0 Å². The first kappa shape index (κ1) is 14.2. The first-order chi connectivity index (χ1) is 8.52. The summed E-state index contributed by atoms with van der Waals surface area (Å²) in [7, 11) is 0. The lowest BCUT2D eigenvalue weighted by atomic mass is 10.2. The maximum absolute atomic E-state index is 11.8. The molecular weight excluding hydrogens is 248 g/mol. The highest BCUT2D eigenvalue weighted by Gasteiger charge is 2.17. The second kappa shape index (κ2) is 6.80. The summed E-state index contributed by atoms with van der Waals surface area (Å²) in [6.07, 6.45) is -1.08. The van der Waals surface area contributed by atoms with E-state index >= 15 is 0 Å². The minimum absolute atomic E-state index is 0.0249. The third-order valence-electron chi connectivity index (χ3n) is 2.09. The van der Waals surface area contributed by atoms with Crippen LogP contribution in [-0.4, -0.2) is 36.1 Å². The molecule has 8 heteroatoms. The van der Waals surface area contributed by atoms with E-state index < -0.39 is 18.0 Å². The SMILES string of the molecule is Cc1ccnc(NCCOCC(F)F)c1[N+](=O)[O-]. The standard InChI is InChI=1S/C10H13F2N3O3/c1-7-2-3-13-10(9(7)15(16)17)14-4-5-18-6-8(11)12/h2-3,8H,4-6H2,1H3,(H,13,14). The largest absolute Gasteiger partial charge is 0.374 e. The molecule has 1 rings (SSSR count). The van der Waals surface area contributed by atoms with Crippen molar-refractivity contribution in [3.63, 3.8) is 0 Å². The van der Waals surface area contributed by atoms with E-state index in [4.69, 9.17) is 0 Å². The third-order valence-corrected chi connectivity index (χ3v) is 2.09. The van der Waals surface area contributed by atoms with Crippen molar-refractivity contribution in [3.05, 3.63) is 27.9 Å². The Balaban J connectivity index is 2.52. The fourth-order valence-corrected chi connectivity index (χ4v) is 1.32. The van der Waals surface area contributed by atoms with E-state index in [1.165, 1.54) is 12.3 Å². The van der Waals surface area contributed by atoms with Crippen LogP contribution in [0.2, 0.25) is 0 Å². The number of nitrogens with one attached hydrogen (secondary N) is 1. The van der Waals surface area contributed by atoms with E-state index in [-0.39, 0.29) is 24.7 Å². The topological polar surface area (TPSA) is 77.3 Å². The van der Waals surface area contributed by atoms with Crippen LogP contribution in [0.5, 0.6) is 0 Å². The van der Waals surface area contributed by atoms with Crippen LogP contribution in [0.1, 0.15) is 5.56 Å². The van der Waals surface area contributed by atoms with Gasteiger partial charge in [-0.2, -0.15) is 0 Å². The smallest absolute Gasteiger partial charge is 0.314 e. The van der Waals surface area contributed by atoms with Crippen LogP contribution >= 0.6 is 0 Å². The van der Waals surface area contributed by atoms with Crippen molar-refractivity contribution >= 4 is 11.5 Å². The average Bonchev–Trinajstić information content (AvgIpc) is 2.27. The van der Waals surface area contributed by atoms with Gasteiger partial charge in [-0.1, -0.05) is 0 Å². The van der Waals surface area contributed by atoms with Crippen LogP contribution in [0.4, 0.5) is 20.3 Å². The van der Waals surface area contributed by atoms with Gasteiger partial charge in [0, 0.05) is 18.3 Å². The second-order valence-corrected chi connectivity index (χ2v) is 3.47. The Bertz CT molecular complexity index is 415. The summed E-state index contributed by atoms with van der Waals surface area (Å²) in [6.45, 7) is 1.14. The summed E-state index contributed by atoms with van der Waals surface area (Å²) in [5, 5.41) is 13.5. The summed E-state index contributed by atoms with van der Waals surface area (Å²) in [5.41, 5.74) is 0.359. The molecule has 0 atom stereocenters. The fraction of sp³-hybridized carbons (Fsp3) is 0.500. The number of hydrogen-bond donors (Lipinski definition) is 1. The molecule has 100 valence electrons. The number of rotatable bonds is 7. The molecule has 6 nitrogen and oxygen atoms in total. The number of aryl methyl sites for hydroxylation is 1. The van der Waals surface area contributed by atoms with Crippen molar-refractivity contribution in [3.8, 4) is 0 Å². The summed E-state index contributed by atoms with van der Waals surface area (Å²) >= 11 is 0. The molecule has 0 fully saturated rings. The molecule has 0 bridgehead atoms. The van der Waals surface area contributed by atoms with E-state index in [9.17, 15) is 18.9 Å². The Morgan fingerprint density at radius 3 is 2.94 bits per heavy atom. The zero-order valence-electron chi connectivity index (χ0n) is 9.73. The lowest BCUT2D eigenvalue weighted by Crippen LogP contribution is -2.14. The minimum Gasteiger partial charge on any atom is -0.374 e. The number of aromatic nitrogens is 1. The normalized spacial score (nSPS) is 10.7. The summed E-state index contributed by atoms with van der Waals surface area (Å²) in [5.74, 6) is 0.112. The van der Waals surface area contributed by atoms with E-state index in [2.05, 4.69) is 15.0 Å². The lowest BCUT2D eigenvalue weighted by Gasteiger charge is -2.07. The number of hydrogen-bond acceptors (Lipinski definition) is 5. The van der Waals surface area contributed by atoms with Crippen LogP contribution in [-0.2, 0) is 4.74 Å². The predicted octanol–water partition coefficient (Wildman–Crippen LogP) is 1.99. The molecule has 0 aliphatic rings. The van der Waals surface area contributed by atoms with Gasteiger partial charge < -0.3 is 10.1 Å². The number of nitro groups is 1. The van der Waals surface area contributed by atoms with Crippen LogP contribution < -0.4 is 5.32 Å². The molecule has 0 saturated heterocycles. The fourth-order valence-electron chi connectivity index (χ4n) is 1.32. The zero-order chi connectivity index (χ0) is 13.5. The maximum Gasteiger partial charge on any atom is 0.314 e. The van der Waals surface area contributed by atoms with Gasteiger partial charge in [0.25, 0.3) is 6.43 Å². The Hall–Kier alpha value is -1.83. The maximum atomic E-state index is 11.8. The quantitative estimate of drug-likeness (QED) is 0.461. The molecule has 1 aromatic rings. The first-order valence-corrected chi connectivity index (χ1v) is 5.22. The van der Waals surface area contributed by atoms with Crippen molar-refractivity contribution < 1.29 is 18.4 Å². The van der Waals surface area contributed by atoms with Crippen molar-refractivity contribution in [2.24, 2.45) is 0 Å². The number of ether oxygens (including phenoxy) is 1. The van der Waals surface area contributed by atoms with Crippen molar-refractivity contribution in [2.45, 2.75) is 13.3 Å². The summed E-state index contributed by atoms with van der Waals surface area (Å²) in [4.78, 5) is 14.1. The molecule has 0 saturated carbocycles. The lowest BCUT2D eigenvalue weighted by molar-refractivity contribution is -0.384. The highest BCUT2D eigenvalue weighted by atomic mass is 19.3. The van der Waals surface area contributed by atoms with Gasteiger partial charge in [0.1, 0.15) is 6.61 Å². The molecular formula is C10H13F2N3O3. The van der Waals surface area contributed by atoms with Gasteiger partial charge >= 0.3 is 5.69 Å². The van der Waals surface area contributed by atoms with Gasteiger partial charge in [-0.3, -0.25) is 10.1 Å². The molecule has 0 unspecified atom stereocenters. The van der Waals surface area contributed by atoms with Crippen LogP contribution in [0.15, 0.2) is 12.3 Å². The summed E-state index contributed by atoms with van der Waals surface area (Å²) < 4.78 is 28.2. The van der Waals surface area contributed by atoms with Gasteiger partial charge in [0.05, 0.1) is 11.5 Å². The Labute approximate surface area is 102 Å². The van der Waals surface area contributed by atoms with E-state index in [0.29, 0.717) is 5.56 Å².